The summed E-state index contributed by atoms with van der Waals surface area (Å²) in [7, 11) is 0. The molecule has 0 aromatic carbocycles. The number of hydrogen-bond donors (Lipinski definition) is 4. The molecule has 9 heteroatoms. The molecule has 1 aliphatic rings. The van der Waals surface area contributed by atoms with E-state index in [-0.39, 0.29) is 5.82 Å². The number of rotatable bonds is 3. The van der Waals surface area contributed by atoms with E-state index in [2.05, 4.69) is 10.1 Å². The van der Waals surface area contributed by atoms with E-state index in [1.807, 2.05) is 0 Å². The van der Waals surface area contributed by atoms with Crippen molar-refractivity contribution >= 4 is 5.91 Å². The molecule has 0 unspecified atom stereocenters. The Hall–Kier alpha value is -1.55. The smallest absolute Gasteiger partial charge is 0.288 e. The monoisotopic (exact) mass is 258 g/mol. The third-order valence-electron chi connectivity index (χ3n) is 2.90. The van der Waals surface area contributed by atoms with Crippen LogP contribution in [-0.4, -0.2) is 60.4 Å². The van der Waals surface area contributed by atoms with Gasteiger partial charge in [0.25, 0.3) is 5.91 Å². The Morgan fingerprint density at radius 2 is 2.39 bits per heavy atom. The molecule has 2 rings (SSSR count). The number of primary amides is 1. The molecule has 18 heavy (non-hydrogen) atoms. The van der Waals surface area contributed by atoms with Crippen molar-refractivity contribution in [3.8, 4) is 0 Å². The van der Waals surface area contributed by atoms with E-state index in [1.54, 1.807) is 0 Å². The first-order valence-corrected chi connectivity index (χ1v) is 5.25. The lowest BCUT2D eigenvalue weighted by Crippen LogP contribution is -2.44. The number of nitrogens with zero attached hydrogens (tertiary/aromatic N) is 3. The number of aliphatic hydroxyl groups excluding tert-OH is 2. The first kappa shape index (κ1) is 12.9. The highest BCUT2D eigenvalue weighted by atomic mass is 16.6. The van der Waals surface area contributed by atoms with Crippen LogP contribution in [-0.2, 0) is 4.74 Å². The normalized spacial score (nSPS) is 35.9. The van der Waals surface area contributed by atoms with E-state index in [9.17, 15) is 15.0 Å². The molecule has 1 aromatic rings. The Morgan fingerprint density at radius 1 is 1.72 bits per heavy atom. The molecule has 1 aromatic heterocycles. The summed E-state index contributed by atoms with van der Waals surface area (Å²) in [6, 6.07) is 0. The number of hydrogen-bond acceptors (Lipinski definition) is 7. The minimum Gasteiger partial charge on any atom is -0.394 e. The van der Waals surface area contributed by atoms with Gasteiger partial charge in [-0.15, -0.1) is 5.10 Å². The fourth-order valence-corrected chi connectivity index (χ4v) is 1.87. The molecule has 100 valence electrons. The standard InChI is InChI=1S/C9H14N4O5/c1-9(17)5(15)4(2-14)18-8(9)13-3-11-7(12-13)6(10)16/h3-5,8,14-15,17H,2H2,1H3,(H2,10,16)/t4-,5-,8-,9-/m1/s1. The number of carbonyl (C=O) groups is 1. The van der Waals surface area contributed by atoms with E-state index in [0.29, 0.717) is 0 Å². The first-order valence-electron chi connectivity index (χ1n) is 5.25. The number of nitrogens with two attached hydrogens (primary N) is 1. The Balaban J connectivity index is 2.29. The molecule has 0 aliphatic carbocycles. The van der Waals surface area contributed by atoms with Crippen LogP contribution in [0.5, 0.6) is 0 Å². The molecule has 0 bridgehead atoms. The van der Waals surface area contributed by atoms with Gasteiger partial charge in [-0.05, 0) is 6.92 Å². The Bertz CT molecular complexity index is 460. The van der Waals surface area contributed by atoms with Gasteiger partial charge < -0.3 is 25.8 Å². The number of aliphatic hydroxyl groups is 3. The lowest BCUT2D eigenvalue weighted by atomic mass is 9.97. The zero-order valence-corrected chi connectivity index (χ0v) is 9.59. The molecule has 1 fully saturated rings. The molecule has 0 radical (unpaired) electrons. The van der Waals surface area contributed by atoms with Crippen LogP contribution in [0.25, 0.3) is 0 Å². The van der Waals surface area contributed by atoms with Crippen LogP contribution >= 0.6 is 0 Å². The van der Waals surface area contributed by atoms with Gasteiger partial charge in [0, 0.05) is 0 Å². The predicted octanol–water partition coefficient (Wildman–Crippen LogP) is -2.62. The molecule has 0 spiro atoms. The quantitative estimate of drug-likeness (QED) is 0.464. The molecule has 1 aliphatic heterocycles. The number of ether oxygens (including phenoxy) is 1. The summed E-state index contributed by atoms with van der Waals surface area (Å²) in [6.45, 7) is 0.884. The summed E-state index contributed by atoms with van der Waals surface area (Å²) >= 11 is 0. The van der Waals surface area contributed by atoms with Crippen LogP contribution in [0.4, 0.5) is 0 Å². The second kappa shape index (κ2) is 4.28. The van der Waals surface area contributed by atoms with Crippen molar-refractivity contribution in [1.29, 1.82) is 0 Å². The van der Waals surface area contributed by atoms with Crippen LogP contribution in [0.3, 0.4) is 0 Å². The van der Waals surface area contributed by atoms with Crippen LogP contribution in [0, 0.1) is 0 Å². The summed E-state index contributed by atoms with van der Waals surface area (Å²) in [5.74, 6) is -1.04. The highest BCUT2D eigenvalue weighted by molar-refractivity contribution is 5.88. The minimum absolute atomic E-state index is 0.226. The summed E-state index contributed by atoms with van der Waals surface area (Å²) in [5, 5.41) is 32.7. The van der Waals surface area contributed by atoms with Crippen molar-refractivity contribution in [2.75, 3.05) is 6.61 Å². The molecule has 4 atom stereocenters. The lowest BCUT2D eigenvalue weighted by Gasteiger charge is -2.25. The highest BCUT2D eigenvalue weighted by Crippen LogP contribution is 2.37. The maximum atomic E-state index is 10.9. The van der Waals surface area contributed by atoms with E-state index in [0.717, 1.165) is 11.0 Å². The zero-order chi connectivity index (χ0) is 13.5. The van der Waals surface area contributed by atoms with Crippen molar-refractivity contribution in [2.24, 2.45) is 5.73 Å². The van der Waals surface area contributed by atoms with E-state index < -0.39 is 36.6 Å². The first-order chi connectivity index (χ1) is 8.37. The van der Waals surface area contributed by atoms with Gasteiger partial charge in [-0.3, -0.25) is 4.79 Å². The van der Waals surface area contributed by atoms with Gasteiger partial charge >= 0.3 is 0 Å². The van der Waals surface area contributed by atoms with E-state index in [4.69, 9.17) is 15.6 Å². The van der Waals surface area contributed by atoms with Gasteiger partial charge in [0.2, 0.25) is 5.82 Å². The Kier molecular flexibility index (Phi) is 3.07. The number of amides is 1. The van der Waals surface area contributed by atoms with Crippen LogP contribution in [0.1, 0.15) is 23.8 Å². The van der Waals surface area contributed by atoms with Crippen molar-refractivity contribution in [3.05, 3.63) is 12.2 Å². The molecular formula is C9H14N4O5. The van der Waals surface area contributed by atoms with Crippen LogP contribution in [0.15, 0.2) is 6.33 Å². The van der Waals surface area contributed by atoms with Crippen LogP contribution < -0.4 is 5.73 Å². The summed E-state index contributed by atoms with van der Waals surface area (Å²) in [4.78, 5) is 14.5. The average Bonchev–Trinajstić information content (AvgIpc) is 2.85. The third kappa shape index (κ3) is 1.86. The minimum atomic E-state index is -1.67. The second-order valence-electron chi connectivity index (χ2n) is 4.29. The van der Waals surface area contributed by atoms with E-state index in [1.165, 1.54) is 6.92 Å². The number of carbonyl (C=O) groups excluding carboxylic acids is 1. The average molecular weight is 258 g/mol. The molecule has 2 heterocycles. The van der Waals surface area contributed by atoms with Crippen LogP contribution in [0.2, 0.25) is 0 Å². The zero-order valence-electron chi connectivity index (χ0n) is 9.59. The molecule has 1 amide bonds. The summed E-state index contributed by atoms with van der Waals surface area (Å²) in [6.07, 6.45) is -2.13. The lowest BCUT2D eigenvalue weighted by molar-refractivity contribution is -0.102. The maximum absolute atomic E-state index is 10.9. The SMILES string of the molecule is C[C@@]1(O)[C@H](O)[C@@H](CO)O[C@H]1n1cnc(C(N)=O)n1. The fraction of sp³-hybridized carbons (Fsp3) is 0.667. The Labute approximate surface area is 102 Å². The maximum Gasteiger partial charge on any atom is 0.288 e. The van der Waals surface area contributed by atoms with Crippen molar-refractivity contribution in [3.63, 3.8) is 0 Å². The number of aromatic nitrogens is 3. The van der Waals surface area contributed by atoms with Gasteiger partial charge in [0.15, 0.2) is 6.23 Å². The van der Waals surface area contributed by atoms with Gasteiger partial charge in [-0.1, -0.05) is 0 Å². The molecule has 1 saturated heterocycles. The fourth-order valence-electron chi connectivity index (χ4n) is 1.87. The predicted molar refractivity (Wildman–Crippen MR) is 56.2 cm³/mol. The molecule has 9 nitrogen and oxygen atoms in total. The molecule has 0 saturated carbocycles. The van der Waals surface area contributed by atoms with Crippen molar-refractivity contribution < 1.29 is 24.9 Å². The topological polar surface area (TPSA) is 144 Å². The summed E-state index contributed by atoms with van der Waals surface area (Å²) in [5.41, 5.74) is 3.33. The van der Waals surface area contributed by atoms with Crippen molar-refractivity contribution in [1.82, 2.24) is 14.8 Å². The Morgan fingerprint density at radius 3 is 2.83 bits per heavy atom. The van der Waals surface area contributed by atoms with E-state index >= 15 is 0 Å². The van der Waals surface area contributed by atoms with Gasteiger partial charge in [0.05, 0.1) is 6.61 Å². The van der Waals surface area contributed by atoms with Gasteiger partial charge in [-0.2, -0.15) is 0 Å². The molecular weight excluding hydrogens is 244 g/mol. The molecule has 5 N–H and O–H groups in total. The highest BCUT2D eigenvalue weighted by Gasteiger charge is 2.53. The second-order valence-corrected chi connectivity index (χ2v) is 4.29. The summed E-state index contributed by atoms with van der Waals surface area (Å²) < 4.78 is 6.36. The largest absolute Gasteiger partial charge is 0.394 e. The van der Waals surface area contributed by atoms with Crippen molar-refractivity contribution in [2.45, 2.75) is 31.0 Å². The third-order valence-corrected chi connectivity index (χ3v) is 2.90. The van der Waals surface area contributed by atoms with Gasteiger partial charge in [0.1, 0.15) is 24.1 Å². The van der Waals surface area contributed by atoms with Gasteiger partial charge in [-0.25, -0.2) is 9.67 Å².